The van der Waals surface area contributed by atoms with Crippen molar-refractivity contribution in [2.45, 2.75) is 64.3 Å². The zero-order valence-electron chi connectivity index (χ0n) is 11.1. The molecule has 1 amide bonds. The van der Waals surface area contributed by atoms with Crippen molar-refractivity contribution in [2.24, 2.45) is 0 Å². The molecule has 0 aromatic heterocycles. The lowest BCUT2D eigenvalue weighted by Gasteiger charge is -2.25. The molecule has 0 saturated carbocycles. The fourth-order valence-corrected chi connectivity index (χ4v) is 1.82. The zero-order chi connectivity index (χ0) is 13.1. The van der Waals surface area contributed by atoms with Crippen molar-refractivity contribution >= 4 is 6.09 Å². The van der Waals surface area contributed by atoms with E-state index < -0.39 is 17.8 Å². The van der Waals surface area contributed by atoms with Crippen molar-refractivity contribution in [1.29, 1.82) is 0 Å². The fourth-order valence-electron chi connectivity index (χ4n) is 1.82. The Morgan fingerprint density at radius 2 is 2.06 bits per heavy atom. The number of alkyl carbamates (subject to hydrolysis) is 1. The fraction of sp³-hybridized carbons (Fsp3) is 0.917. The quantitative estimate of drug-likeness (QED) is 0.644. The summed E-state index contributed by atoms with van der Waals surface area (Å²) in [4.78, 5) is 11.6. The molecule has 1 aliphatic heterocycles. The molecule has 3 N–H and O–H groups in total. The lowest BCUT2D eigenvalue weighted by Crippen LogP contribution is -2.47. The molecule has 0 aliphatic carbocycles. The summed E-state index contributed by atoms with van der Waals surface area (Å²) in [7, 11) is 0. The van der Waals surface area contributed by atoms with Gasteiger partial charge in [0.25, 0.3) is 0 Å². The highest BCUT2D eigenvalue weighted by atomic mass is 16.6. The van der Waals surface area contributed by atoms with Crippen LogP contribution in [0.15, 0.2) is 0 Å². The summed E-state index contributed by atoms with van der Waals surface area (Å²) in [6.07, 6.45) is 0.662. The minimum Gasteiger partial charge on any atom is -0.444 e. The Morgan fingerprint density at radius 1 is 1.41 bits per heavy atom. The Kier molecular flexibility index (Phi) is 4.77. The molecular weight excluding hydrogens is 220 g/mol. The van der Waals surface area contributed by atoms with Crippen LogP contribution in [0.4, 0.5) is 4.79 Å². The van der Waals surface area contributed by atoms with Crippen LogP contribution in [-0.2, 0) is 4.74 Å². The van der Waals surface area contributed by atoms with E-state index in [0.29, 0.717) is 12.6 Å². The number of aliphatic hydroxyl groups is 1. The van der Waals surface area contributed by atoms with Crippen LogP contribution in [-0.4, -0.2) is 41.5 Å². The maximum absolute atomic E-state index is 11.6. The number of carbonyl (C=O) groups is 1. The van der Waals surface area contributed by atoms with Gasteiger partial charge in [-0.1, -0.05) is 0 Å². The van der Waals surface area contributed by atoms with Crippen molar-refractivity contribution in [3.63, 3.8) is 0 Å². The summed E-state index contributed by atoms with van der Waals surface area (Å²) in [5.41, 5.74) is -0.509. The standard InChI is InChI=1S/C12H24N2O3/c1-8-5-6-9(10(15)7-13-8)14-11(16)17-12(2,3)4/h8-10,13,15H,5-7H2,1-4H3,(H,14,16)/t8-,9+,10-/m1/s1. The van der Waals surface area contributed by atoms with E-state index in [1.165, 1.54) is 0 Å². The third kappa shape index (κ3) is 5.37. The number of hydrogen-bond acceptors (Lipinski definition) is 4. The highest BCUT2D eigenvalue weighted by molar-refractivity contribution is 5.68. The molecule has 100 valence electrons. The van der Waals surface area contributed by atoms with Gasteiger partial charge in [-0.3, -0.25) is 0 Å². The summed E-state index contributed by atoms with van der Waals surface area (Å²) >= 11 is 0. The molecular formula is C12H24N2O3. The van der Waals surface area contributed by atoms with Crippen molar-refractivity contribution in [1.82, 2.24) is 10.6 Å². The van der Waals surface area contributed by atoms with E-state index in [2.05, 4.69) is 17.6 Å². The van der Waals surface area contributed by atoms with Gasteiger partial charge in [0.2, 0.25) is 0 Å². The lowest BCUT2D eigenvalue weighted by molar-refractivity contribution is 0.0426. The van der Waals surface area contributed by atoms with E-state index in [0.717, 1.165) is 12.8 Å². The largest absolute Gasteiger partial charge is 0.444 e. The highest BCUT2D eigenvalue weighted by Gasteiger charge is 2.27. The average molecular weight is 244 g/mol. The second-order valence-corrected chi connectivity index (χ2v) is 5.71. The van der Waals surface area contributed by atoms with E-state index in [4.69, 9.17) is 4.74 Å². The molecule has 1 aliphatic rings. The average Bonchev–Trinajstić information content (AvgIpc) is 2.30. The van der Waals surface area contributed by atoms with Gasteiger partial charge in [0, 0.05) is 12.6 Å². The number of amides is 1. The van der Waals surface area contributed by atoms with Gasteiger partial charge in [-0.15, -0.1) is 0 Å². The maximum Gasteiger partial charge on any atom is 0.407 e. The zero-order valence-corrected chi connectivity index (χ0v) is 11.1. The van der Waals surface area contributed by atoms with Crippen LogP contribution >= 0.6 is 0 Å². The second kappa shape index (κ2) is 5.69. The summed E-state index contributed by atoms with van der Waals surface area (Å²) in [5.74, 6) is 0. The Labute approximate surface area is 103 Å². The molecule has 3 atom stereocenters. The molecule has 1 saturated heterocycles. The SMILES string of the molecule is C[C@@H]1CC[C@H](NC(=O)OC(C)(C)C)[C@H](O)CN1. The molecule has 1 fully saturated rings. The van der Waals surface area contributed by atoms with Crippen LogP contribution in [0, 0.1) is 0 Å². The number of rotatable bonds is 1. The number of carbonyl (C=O) groups excluding carboxylic acids is 1. The van der Waals surface area contributed by atoms with Gasteiger partial charge in [-0.2, -0.15) is 0 Å². The first-order chi connectivity index (χ1) is 7.78. The van der Waals surface area contributed by atoms with Crippen LogP contribution in [0.1, 0.15) is 40.5 Å². The van der Waals surface area contributed by atoms with Gasteiger partial charge >= 0.3 is 6.09 Å². The molecule has 0 aromatic rings. The van der Waals surface area contributed by atoms with Gasteiger partial charge in [0.1, 0.15) is 5.60 Å². The normalized spacial score (nSPS) is 30.5. The Bertz CT molecular complexity index is 263. The highest BCUT2D eigenvalue weighted by Crippen LogP contribution is 2.12. The van der Waals surface area contributed by atoms with E-state index in [1.54, 1.807) is 0 Å². The number of nitrogens with one attached hydrogen (secondary N) is 2. The number of aliphatic hydroxyl groups excluding tert-OH is 1. The van der Waals surface area contributed by atoms with Gasteiger partial charge in [0.05, 0.1) is 12.1 Å². The molecule has 1 rings (SSSR count). The van der Waals surface area contributed by atoms with Crippen LogP contribution in [0.2, 0.25) is 0 Å². The summed E-state index contributed by atoms with van der Waals surface area (Å²) in [5, 5.41) is 15.8. The molecule has 0 bridgehead atoms. The smallest absolute Gasteiger partial charge is 0.407 e. The number of β-amino-alcohol motifs (C(OH)–C–C–N with tert-alkyl or cyclic N) is 1. The van der Waals surface area contributed by atoms with E-state index >= 15 is 0 Å². The first-order valence-corrected chi connectivity index (χ1v) is 6.19. The topological polar surface area (TPSA) is 70.6 Å². The van der Waals surface area contributed by atoms with Crippen molar-refractivity contribution in [3.8, 4) is 0 Å². The molecule has 17 heavy (non-hydrogen) atoms. The van der Waals surface area contributed by atoms with E-state index in [-0.39, 0.29) is 6.04 Å². The molecule has 0 radical (unpaired) electrons. The van der Waals surface area contributed by atoms with Crippen LogP contribution in [0.25, 0.3) is 0 Å². The van der Waals surface area contributed by atoms with Gasteiger partial charge in [-0.25, -0.2) is 4.79 Å². The molecule has 5 heteroatoms. The maximum atomic E-state index is 11.6. The van der Waals surface area contributed by atoms with Gasteiger partial charge in [0.15, 0.2) is 0 Å². The molecule has 1 heterocycles. The summed E-state index contributed by atoms with van der Waals surface area (Å²) < 4.78 is 5.17. The minimum absolute atomic E-state index is 0.234. The Hall–Kier alpha value is -0.810. The predicted molar refractivity (Wildman–Crippen MR) is 65.9 cm³/mol. The summed E-state index contributed by atoms with van der Waals surface area (Å²) in [6, 6.07) is 0.136. The van der Waals surface area contributed by atoms with Crippen molar-refractivity contribution < 1.29 is 14.6 Å². The Balaban J connectivity index is 2.46. The van der Waals surface area contributed by atoms with Crippen molar-refractivity contribution in [3.05, 3.63) is 0 Å². The van der Waals surface area contributed by atoms with Crippen LogP contribution in [0.3, 0.4) is 0 Å². The van der Waals surface area contributed by atoms with Crippen LogP contribution < -0.4 is 10.6 Å². The first-order valence-electron chi connectivity index (χ1n) is 6.19. The molecule has 5 nitrogen and oxygen atoms in total. The molecule has 0 unspecified atom stereocenters. The third-order valence-electron chi connectivity index (χ3n) is 2.75. The molecule has 0 spiro atoms. The van der Waals surface area contributed by atoms with Crippen molar-refractivity contribution in [2.75, 3.05) is 6.54 Å². The van der Waals surface area contributed by atoms with E-state index in [1.807, 2.05) is 20.8 Å². The third-order valence-corrected chi connectivity index (χ3v) is 2.75. The first kappa shape index (κ1) is 14.3. The second-order valence-electron chi connectivity index (χ2n) is 5.71. The molecule has 0 aromatic carbocycles. The lowest BCUT2D eigenvalue weighted by atomic mass is 10.1. The Morgan fingerprint density at radius 3 is 2.65 bits per heavy atom. The van der Waals surface area contributed by atoms with Gasteiger partial charge < -0.3 is 20.5 Å². The van der Waals surface area contributed by atoms with Crippen LogP contribution in [0.5, 0.6) is 0 Å². The summed E-state index contributed by atoms with van der Waals surface area (Å²) in [6.45, 7) is 8.03. The van der Waals surface area contributed by atoms with Gasteiger partial charge in [-0.05, 0) is 40.5 Å². The minimum atomic E-state index is -0.563. The predicted octanol–water partition coefficient (Wildman–Crippen LogP) is 1.01. The number of ether oxygens (including phenoxy) is 1. The number of hydrogen-bond donors (Lipinski definition) is 3. The monoisotopic (exact) mass is 244 g/mol. The van der Waals surface area contributed by atoms with E-state index in [9.17, 15) is 9.90 Å².